The Kier molecular flexibility index (Phi) is 4.44. The fourth-order valence-corrected chi connectivity index (χ4v) is 3.18. The van der Waals surface area contributed by atoms with Crippen molar-refractivity contribution in [2.24, 2.45) is 10.9 Å². The molecular formula is C13H21N3O2S. The van der Waals surface area contributed by atoms with Crippen LogP contribution >= 0.6 is 0 Å². The van der Waals surface area contributed by atoms with Crippen LogP contribution in [0.25, 0.3) is 0 Å². The minimum Gasteiger partial charge on any atom is -0.382 e. The van der Waals surface area contributed by atoms with E-state index < -0.39 is 10.0 Å². The van der Waals surface area contributed by atoms with Gasteiger partial charge in [0.1, 0.15) is 0 Å². The van der Waals surface area contributed by atoms with E-state index >= 15 is 0 Å². The molecular weight excluding hydrogens is 262 g/mol. The molecule has 0 heterocycles. The predicted molar refractivity (Wildman–Crippen MR) is 77.1 cm³/mol. The molecule has 106 valence electrons. The topological polar surface area (TPSA) is 98.2 Å². The Morgan fingerprint density at radius 1 is 1.21 bits per heavy atom. The van der Waals surface area contributed by atoms with E-state index in [1.54, 1.807) is 12.1 Å². The van der Waals surface area contributed by atoms with Gasteiger partial charge in [0, 0.05) is 17.8 Å². The fraction of sp³-hybridized carbons (Fsp3) is 0.538. The van der Waals surface area contributed by atoms with Gasteiger partial charge < -0.3 is 11.1 Å². The summed E-state index contributed by atoms with van der Waals surface area (Å²) >= 11 is 0. The van der Waals surface area contributed by atoms with E-state index in [0.717, 1.165) is 31.4 Å². The maximum atomic E-state index is 11.0. The average Bonchev–Trinajstić information content (AvgIpc) is 2.30. The molecule has 2 unspecified atom stereocenters. The lowest BCUT2D eigenvalue weighted by molar-refractivity contribution is 0.409. The highest BCUT2D eigenvalue weighted by Gasteiger charge is 2.18. The molecule has 0 amide bonds. The SMILES string of the molecule is NC1CCCC(Nc2ccc(CS(N)(=O)=O)cc2)C1. The number of rotatable bonds is 4. The van der Waals surface area contributed by atoms with Crippen molar-refractivity contribution in [3.8, 4) is 0 Å². The molecule has 5 N–H and O–H groups in total. The van der Waals surface area contributed by atoms with Gasteiger partial charge in [-0.2, -0.15) is 0 Å². The van der Waals surface area contributed by atoms with E-state index in [9.17, 15) is 8.42 Å². The zero-order valence-corrected chi connectivity index (χ0v) is 11.7. The fourth-order valence-electron chi connectivity index (χ4n) is 2.52. The van der Waals surface area contributed by atoms with Crippen molar-refractivity contribution >= 4 is 15.7 Å². The standard InChI is InChI=1S/C13H21N3O2S/c14-11-2-1-3-13(8-11)16-12-6-4-10(5-7-12)9-19(15,17)18/h4-7,11,13,16H,1-3,8-9,14H2,(H2,15,17,18). The molecule has 1 fully saturated rings. The first-order valence-electron chi connectivity index (χ1n) is 6.54. The van der Waals surface area contributed by atoms with E-state index in [-0.39, 0.29) is 11.8 Å². The van der Waals surface area contributed by atoms with Crippen molar-refractivity contribution in [1.82, 2.24) is 0 Å². The van der Waals surface area contributed by atoms with Gasteiger partial charge in [-0.1, -0.05) is 12.1 Å². The molecule has 0 spiro atoms. The van der Waals surface area contributed by atoms with Crippen molar-refractivity contribution in [2.75, 3.05) is 5.32 Å². The number of benzene rings is 1. The molecule has 1 aromatic rings. The van der Waals surface area contributed by atoms with Crippen LogP contribution in [0.1, 0.15) is 31.2 Å². The first kappa shape index (κ1) is 14.3. The maximum Gasteiger partial charge on any atom is 0.213 e. The lowest BCUT2D eigenvalue weighted by atomic mass is 9.91. The van der Waals surface area contributed by atoms with Crippen molar-refractivity contribution in [2.45, 2.75) is 43.5 Å². The van der Waals surface area contributed by atoms with Crippen LogP contribution in [0.2, 0.25) is 0 Å². The lowest BCUT2D eigenvalue weighted by Crippen LogP contribution is -2.34. The van der Waals surface area contributed by atoms with Gasteiger partial charge in [-0.15, -0.1) is 0 Å². The number of anilines is 1. The summed E-state index contributed by atoms with van der Waals surface area (Å²) in [4.78, 5) is 0. The molecule has 0 bridgehead atoms. The van der Waals surface area contributed by atoms with Crippen LogP contribution in [0.3, 0.4) is 0 Å². The molecule has 2 atom stereocenters. The number of primary sulfonamides is 1. The summed E-state index contributed by atoms with van der Waals surface area (Å²) in [6.07, 6.45) is 4.37. The van der Waals surface area contributed by atoms with E-state index in [4.69, 9.17) is 10.9 Å². The molecule has 0 saturated heterocycles. The third kappa shape index (κ3) is 4.81. The average molecular weight is 283 g/mol. The highest BCUT2D eigenvalue weighted by Crippen LogP contribution is 2.21. The largest absolute Gasteiger partial charge is 0.382 e. The highest BCUT2D eigenvalue weighted by atomic mass is 32.2. The van der Waals surface area contributed by atoms with Crippen molar-refractivity contribution in [1.29, 1.82) is 0 Å². The number of hydrogen-bond donors (Lipinski definition) is 3. The van der Waals surface area contributed by atoms with Gasteiger partial charge in [-0.3, -0.25) is 0 Å². The van der Waals surface area contributed by atoms with Crippen LogP contribution in [0, 0.1) is 0 Å². The predicted octanol–water partition coefficient (Wildman–Crippen LogP) is 1.16. The molecule has 6 heteroatoms. The van der Waals surface area contributed by atoms with Gasteiger partial charge in [0.05, 0.1) is 5.75 Å². The van der Waals surface area contributed by atoms with Gasteiger partial charge in [0.2, 0.25) is 10.0 Å². The van der Waals surface area contributed by atoms with Crippen molar-refractivity contribution < 1.29 is 8.42 Å². The van der Waals surface area contributed by atoms with Gasteiger partial charge in [0.25, 0.3) is 0 Å². The molecule has 0 aliphatic heterocycles. The number of sulfonamides is 1. The molecule has 1 saturated carbocycles. The highest BCUT2D eigenvalue weighted by molar-refractivity contribution is 7.88. The van der Waals surface area contributed by atoms with Crippen LogP contribution in [-0.4, -0.2) is 20.5 Å². The Morgan fingerprint density at radius 3 is 2.47 bits per heavy atom. The molecule has 0 aromatic heterocycles. The minimum absolute atomic E-state index is 0.123. The third-order valence-corrected chi connectivity index (χ3v) is 4.14. The monoisotopic (exact) mass is 283 g/mol. The van der Waals surface area contributed by atoms with Crippen molar-refractivity contribution in [3.63, 3.8) is 0 Å². The normalized spacial score (nSPS) is 24.1. The summed E-state index contributed by atoms with van der Waals surface area (Å²) in [5.41, 5.74) is 7.65. The van der Waals surface area contributed by atoms with Crippen LogP contribution in [0.5, 0.6) is 0 Å². The molecule has 1 aliphatic carbocycles. The Morgan fingerprint density at radius 2 is 1.89 bits per heavy atom. The minimum atomic E-state index is -3.46. The summed E-state index contributed by atoms with van der Waals surface area (Å²) in [6.45, 7) is 0. The molecule has 19 heavy (non-hydrogen) atoms. The molecule has 2 rings (SSSR count). The van der Waals surface area contributed by atoms with E-state index in [2.05, 4.69) is 5.32 Å². The summed E-state index contributed by atoms with van der Waals surface area (Å²) < 4.78 is 22.0. The third-order valence-electron chi connectivity index (χ3n) is 3.41. The number of nitrogens with two attached hydrogens (primary N) is 2. The quantitative estimate of drug-likeness (QED) is 0.772. The van der Waals surface area contributed by atoms with Gasteiger partial charge in [-0.25, -0.2) is 13.6 Å². The van der Waals surface area contributed by atoms with Gasteiger partial charge in [-0.05, 0) is 43.4 Å². The Hall–Kier alpha value is -1.11. The smallest absolute Gasteiger partial charge is 0.213 e. The molecule has 1 aromatic carbocycles. The Bertz CT molecular complexity index is 513. The summed E-state index contributed by atoms with van der Waals surface area (Å²) in [5.74, 6) is -0.123. The zero-order valence-electron chi connectivity index (χ0n) is 10.9. The second-order valence-corrected chi connectivity index (χ2v) is 6.89. The molecule has 0 radical (unpaired) electrons. The summed E-state index contributed by atoms with van der Waals surface area (Å²) in [5, 5.41) is 8.45. The van der Waals surface area contributed by atoms with Crippen LogP contribution in [-0.2, 0) is 15.8 Å². The second kappa shape index (κ2) is 5.90. The Balaban J connectivity index is 1.95. The van der Waals surface area contributed by atoms with Crippen LogP contribution in [0.15, 0.2) is 24.3 Å². The zero-order chi connectivity index (χ0) is 13.9. The number of nitrogens with one attached hydrogen (secondary N) is 1. The summed E-state index contributed by atoms with van der Waals surface area (Å²) in [7, 11) is -3.46. The lowest BCUT2D eigenvalue weighted by Gasteiger charge is -2.28. The van der Waals surface area contributed by atoms with Gasteiger partial charge >= 0.3 is 0 Å². The Labute approximate surface area is 114 Å². The molecule has 1 aliphatic rings. The summed E-state index contributed by atoms with van der Waals surface area (Å²) in [6, 6.07) is 8.05. The number of hydrogen-bond acceptors (Lipinski definition) is 4. The van der Waals surface area contributed by atoms with Crippen LogP contribution in [0.4, 0.5) is 5.69 Å². The molecule has 5 nitrogen and oxygen atoms in total. The second-order valence-electron chi connectivity index (χ2n) is 5.27. The van der Waals surface area contributed by atoms with Crippen molar-refractivity contribution in [3.05, 3.63) is 29.8 Å². The maximum absolute atomic E-state index is 11.0. The van der Waals surface area contributed by atoms with E-state index in [1.807, 2.05) is 12.1 Å². The van der Waals surface area contributed by atoms with Gasteiger partial charge in [0.15, 0.2) is 0 Å². The van der Waals surface area contributed by atoms with E-state index in [1.165, 1.54) is 0 Å². The van der Waals surface area contributed by atoms with Crippen LogP contribution < -0.4 is 16.2 Å². The van der Waals surface area contributed by atoms with E-state index in [0.29, 0.717) is 11.6 Å². The first-order valence-corrected chi connectivity index (χ1v) is 8.25. The first-order chi connectivity index (χ1) is 8.92.